The van der Waals surface area contributed by atoms with E-state index in [-0.39, 0.29) is 13.1 Å². The number of carboxylic acid groups (broad SMARTS) is 2. The zero-order valence-electron chi connectivity index (χ0n) is 9.19. The Morgan fingerprint density at radius 1 is 1.19 bits per heavy atom. The number of aliphatic carboxylic acids is 2. The van der Waals surface area contributed by atoms with E-state index in [1.54, 1.807) is 4.90 Å². The molecule has 7 nitrogen and oxygen atoms in total. The number of hydrogen-bond acceptors (Lipinski definition) is 5. The molecule has 0 unspecified atom stereocenters. The molecule has 0 aliphatic heterocycles. The standard InChI is InChI=1S/C9H19N3O4/c10-2-5-12(7-9(15)16)4-1-3-11-6-8(13)14/h11H,1-7,10H2,(H,13,14)(H,15,16). The second-order valence-corrected chi connectivity index (χ2v) is 3.38. The normalized spacial score (nSPS) is 10.6. The molecule has 0 heterocycles. The SMILES string of the molecule is NCCN(CCCNCC(=O)O)CC(=O)O. The fraction of sp³-hybridized carbons (Fsp3) is 0.778. The van der Waals surface area contributed by atoms with Crippen LogP contribution in [0.15, 0.2) is 0 Å². The van der Waals surface area contributed by atoms with Gasteiger partial charge in [0.25, 0.3) is 0 Å². The van der Waals surface area contributed by atoms with Gasteiger partial charge in [-0.1, -0.05) is 0 Å². The Balaban J connectivity index is 3.59. The van der Waals surface area contributed by atoms with Crippen LogP contribution in [0.5, 0.6) is 0 Å². The van der Waals surface area contributed by atoms with Crippen molar-refractivity contribution in [3.63, 3.8) is 0 Å². The van der Waals surface area contributed by atoms with E-state index in [1.165, 1.54) is 0 Å². The number of nitrogens with one attached hydrogen (secondary N) is 1. The van der Waals surface area contributed by atoms with Gasteiger partial charge in [-0.25, -0.2) is 0 Å². The summed E-state index contributed by atoms with van der Waals surface area (Å²) in [5.74, 6) is -1.78. The van der Waals surface area contributed by atoms with Crippen molar-refractivity contribution in [3.05, 3.63) is 0 Å². The molecule has 5 N–H and O–H groups in total. The third kappa shape index (κ3) is 9.38. The van der Waals surface area contributed by atoms with E-state index in [9.17, 15) is 9.59 Å². The lowest BCUT2D eigenvalue weighted by Gasteiger charge is -2.18. The number of nitrogens with zero attached hydrogens (tertiary/aromatic N) is 1. The van der Waals surface area contributed by atoms with Crippen molar-refractivity contribution < 1.29 is 19.8 Å². The molecule has 0 atom stereocenters. The maximum Gasteiger partial charge on any atom is 0.317 e. The molecule has 0 aromatic heterocycles. The van der Waals surface area contributed by atoms with E-state index < -0.39 is 11.9 Å². The summed E-state index contributed by atoms with van der Waals surface area (Å²) in [6.45, 7) is 1.98. The summed E-state index contributed by atoms with van der Waals surface area (Å²) in [4.78, 5) is 22.4. The maximum atomic E-state index is 10.5. The van der Waals surface area contributed by atoms with Gasteiger partial charge in [-0.15, -0.1) is 0 Å². The van der Waals surface area contributed by atoms with Crippen LogP contribution in [0.4, 0.5) is 0 Å². The first-order valence-electron chi connectivity index (χ1n) is 5.13. The molecular weight excluding hydrogens is 214 g/mol. The van der Waals surface area contributed by atoms with Crippen LogP contribution in [0.2, 0.25) is 0 Å². The van der Waals surface area contributed by atoms with E-state index in [0.29, 0.717) is 32.6 Å². The highest BCUT2D eigenvalue weighted by molar-refractivity contribution is 5.69. The van der Waals surface area contributed by atoms with E-state index in [2.05, 4.69) is 5.32 Å². The van der Waals surface area contributed by atoms with Crippen molar-refractivity contribution in [2.24, 2.45) is 5.73 Å². The zero-order chi connectivity index (χ0) is 12.4. The number of carbonyl (C=O) groups is 2. The van der Waals surface area contributed by atoms with Gasteiger partial charge < -0.3 is 21.3 Å². The summed E-state index contributed by atoms with van der Waals surface area (Å²) in [5, 5.41) is 19.7. The minimum Gasteiger partial charge on any atom is -0.480 e. The Morgan fingerprint density at radius 3 is 2.38 bits per heavy atom. The van der Waals surface area contributed by atoms with Crippen molar-refractivity contribution in [3.8, 4) is 0 Å². The minimum atomic E-state index is -0.899. The van der Waals surface area contributed by atoms with Gasteiger partial charge in [-0.2, -0.15) is 0 Å². The molecular formula is C9H19N3O4. The van der Waals surface area contributed by atoms with Crippen LogP contribution in [0, 0.1) is 0 Å². The van der Waals surface area contributed by atoms with Gasteiger partial charge in [0.1, 0.15) is 0 Å². The molecule has 0 fully saturated rings. The molecule has 0 spiro atoms. The number of rotatable bonds is 10. The van der Waals surface area contributed by atoms with Crippen LogP contribution in [0.25, 0.3) is 0 Å². The fourth-order valence-corrected chi connectivity index (χ4v) is 1.27. The third-order valence-corrected chi connectivity index (χ3v) is 1.91. The number of carboxylic acids is 2. The average Bonchev–Trinajstić information content (AvgIpc) is 2.16. The highest BCUT2D eigenvalue weighted by Crippen LogP contribution is 1.90. The summed E-state index contributed by atoms with van der Waals surface area (Å²) in [7, 11) is 0. The zero-order valence-corrected chi connectivity index (χ0v) is 9.19. The lowest BCUT2D eigenvalue weighted by atomic mass is 10.3. The van der Waals surface area contributed by atoms with Crippen LogP contribution in [0.3, 0.4) is 0 Å². The van der Waals surface area contributed by atoms with Crippen molar-refractivity contribution in [2.75, 3.05) is 39.3 Å². The third-order valence-electron chi connectivity index (χ3n) is 1.91. The van der Waals surface area contributed by atoms with Crippen LogP contribution in [0.1, 0.15) is 6.42 Å². The van der Waals surface area contributed by atoms with Gasteiger partial charge in [0, 0.05) is 13.1 Å². The van der Waals surface area contributed by atoms with Crippen molar-refractivity contribution in [1.29, 1.82) is 0 Å². The molecule has 0 aromatic carbocycles. The lowest BCUT2D eigenvalue weighted by Crippen LogP contribution is -2.36. The Labute approximate surface area is 94.2 Å². The van der Waals surface area contributed by atoms with Gasteiger partial charge in [-0.3, -0.25) is 14.5 Å². The second-order valence-electron chi connectivity index (χ2n) is 3.38. The summed E-state index contributed by atoms with van der Waals surface area (Å²) < 4.78 is 0. The van der Waals surface area contributed by atoms with Crippen molar-refractivity contribution in [1.82, 2.24) is 10.2 Å². The fourth-order valence-electron chi connectivity index (χ4n) is 1.27. The van der Waals surface area contributed by atoms with Crippen LogP contribution in [-0.4, -0.2) is 66.3 Å². The monoisotopic (exact) mass is 233 g/mol. The average molecular weight is 233 g/mol. The summed E-state index contributed by atoms with van der Waals surface area (Å²) >= 11 is 0. The Hall–Kier alpha value is -1.18. The Bertz CT molecular complexity index is 223. The first-order valence-corrected chi connectivity index (χ1v) is 5.13. The van der Waals surface area contributed by atoms with Gasteiger partial charge in [-0.05, 0) is 19.5 Å². The van der Waals surface area contributed by atoms with Crippen molar-refractivity contribution in [2.45, 2.75) is 6.42 Å². The summed E-state index contributed by atoms with van der Waals surface area (Å²) in [6, 6.07) is 0. The quantitative estimate of drug-likeness (QED) is 0.336. The predicted octanol–water partition coefficient (Wildman–Crippen LogP) is -1.60. The molecule has 94 valence electrons. The first-order chi connectivity index (χ1) is 7.56. The van der Waals surface area contributed by atoms with Crippen LogP contribution >= 0.6 is 0 Å². The van der Waals surface area contributed by atoms with E-state index in [0.717, 1.165) is 0 Å². The highest BCUT2D eigenvalue weighted by Gasteiger charge is 2.07. The molecule has 0 rings (SSSR count). The molecule has 0 amide bonds. The molecule has 7 heteroatoms. The smallest absolute Gasteiger partial charge is 0.317 e. The highest BCUT2D eigenvalue weighted by atomic mass is 16.4. The van der Waals surface area contributed by atoms with E-state index in [4.69, 9.17) is 15.9 Å². The molecule has 0 aromatic rings. The second kappa shape index (κ2) is 9.08. The minimum absolute atomic E-state index is 0.0316. The molecule has 0 saturated heterocycles. The number of nitrogens with two attached hydrogens (primary N) is 1. The maximum absolute atomic E-state index is 10.5. The Morgan fingerprint density at radius 2 is 1.88 bits per heavy atom. The molecule has 0 saturated carbocycles. The summed E-state index contributed by atoms with van der Waals surface area (Å²) in [5.41, 5.74) is 5.35. The largest absolute Gasteiger partial charge is 0.480 e. The predicted molar refractivity (Wildman–Crippen MR) is 58.3 cm³/mol. The lowest BCUT2D eigenvalue weighted by molar-refractivity contribution is -0.138. The van der Waals surface area contributed by atoms with E-state index in [1.807, 2.05) is 0 Å². The first kappa shape index (κ1) is 14.8. The molecule has 0 radical (unpaired) electrons. The Kier molecular flexibility index (Phi) is 8.41. The van der Waals surface area contributed by atoms with Gasteiger partial charge >= 0.3 is 11.9 Å². The van der Waals surface area contributed by atoms with Crippen LogP contribution < -0.4 is 11.1 Å². The molecule has 0 aliphatic rings. The summed E-state index contributed by atoms with van der Waals surface area (Å²) in [6.07, 6.45) is 0.695. The van der Waals surface area contributed by atoms with Gasteiger partial charge in [0.05, 0.1) is 13.1 Å². The van der Waals surface area contributed by atoms with Crippen LogP contribution in [-0.2, 0) is 9.59 Å². The van der Waals surface area contributed by atoms with Gasteiger partial charge in [0.2, 0.25) is 0 Å². The molecule has 16 heavy (non-hydrogen) atoms. The van der Waals surface area contributed by atoms with Gasteiger partial charge in [0.15, 0.2) is 0 Å². The molecule has 0 bridgehead atoms. The topological polar surface area (TPSA) is 116 Å². The molecule has 0 aliphatic carbocycles. The number of hydrogen-bond donors (Lipinski definition) is 4. The van der Waals surface area contributed by atoms with Crippen molar-refractivity contribution >= 4 is 11.9 Å². The van der Waals surface area contributed by atoms with E-state index >= 15 is 0 Å².